The van der Waals surface area contributed by atoms with Crippen LogP contribution in [-0.4, -0.2) is 21.2 Å². The molecule has 0 spiro atoms. The average molecular weight is 465 g/mol. The summed E-state index contributed by atoms with van der Waals surface area (Å²) in [5, 5.41) is 1.72. The molecule has 5 aromatic rings. The van der Waals surface area contributed by atoms with Gasteiger partial charge < -0.3 is 4.42 Å². The van der Waals surface area contributed by atoms with Crippen LogP contribution in [-0.2, 0) is 12.8 Å². The molecule has 0 amide bonds. The number of aromatic nitrogens is 2. The van der Waals surface area contributed by atoms with E-state index in [2.05, 4.69) is 18.2 Å². The molecule has 0 bridgehead atoms. The SMILES string of the molecule is O=C(CSc1nc(-c2ccccc2)c(-c2ccccc2)o1)n1c2c(c3ccccc31)CCCC2. The van der Waals surface area contributed by atoms with Gasteiger partial charge in [0.2, 0.25) is 5.91 Å². The van der Waals surface area contributed by atoms with Crippen molar-refractivity contribution in [1.82, 2.24) is 9.55 Å². The van der Waals surface area contributed by atoms with Gasteiger partial charge in [-0.1, -0.05) is 90.6 Å². The highest BCUT2D eigenvalue weighted by molar-refractivity contribution is 7.99. The zero-order valence-electron chi connectivity index (χ0n) is 18.7. The first-order valence-electron chi connectivity index (χ1n) is 11.7. The van der Waals surface area contributed by atoms with Gasteiger partial charge in [-0.25, -0.2) is 4.98 Å². The molecule has 168 valence electrons. The first-order chi connectivity index (χ1) is 16.8. The lowest BCUT2D eigenvalue weighted by molar-refractivity contribution is 0.0943. The van der Waals surface area contributed by atoms with Gasteiger partial charge in [0.1, 0.15) is 5.69 Å². The van der Waals surface area contributed by atoms with Crippen LogP contribution in [0.4, 0.5) is 0 Å². The van der Waals surface area contributed by atoms with Crippen molar-refractivity contribution in [3.8, 4) is 22.6 Å². The summed E-state index contributed by atoms with van der Waals surface area (Å²) < 4.78 is 8.15. The van der Waals surface area contributed by atoms with Gasteiger partial charge in [-0.15, -0.1) is 0 Å². The minimum atomic E-state index is 0.0741. The lowest BCUT2D eigenvalue weighted by Crippen LogP contribution is -2.18. The van der Waals surface area contributed by atoms with Crippen LogP contribution in [0.5, 0.6) is 0 Å². The van der Waals surface area contributed by atoms with Crippen LogP contribution in [0.1, 0.15) is 28.9 Å². The van der Waals surface area contributed by atoms with E-state index in [1.807, 2.05) is 71.3 Å². The number of para-hydroxylation sites is 1. The molecule has 34 heavy (non-hydrogen) atoms. The maximum Gasteiger partial charge on any atom is 0.257 e. The van der Waals surface area contributed by atoms with Gasteiger partial charge in [-0.3, -0.25) is 9.36 Å². The molecular weight excluding hydrogens is 440 g/mol. The molecule has 0 atom stereocenters. The maximum absolute atomic E-state index is 13.5. The van der Waals surface area contributed by atoms with Crippen molar-refractivity contribution < 1.29 is 9.21 Å². The molecule has 0 saturated heterocycles. The second-order valence-corrected chi connectivity index (χ2v) is 9.48. The van der Waals surface area contributed by atoms with Crippen LogP contribution in [0.2, 0.25) is 0 Å². The summed E-state index contributed by atoms with van der Waals surface area (Å²) in [7, 11) is 0. The molecule has 4 nitrogen and oxygen atoms in total. The van der Waals surface area contributed by atoms with Gasteiger partial charge in [0.15, 0.2) is 5.76 Å². The predicted octanol–water partition coefficient (Wildman–Crippen LogP) is 7.27. The number of oxazole rings is 1. The molecule has 0 fully saturated rings. The van der Waals surface area contributed by atoms with Crippen molar-refractivity contribution in [1.29, 1.82) is 0 Å². The van der Waals surface area contributed by atoms with Crippen molar-refractivity contribution in [2.24, 2.45) is 0 Å². The van der Waals surface area contributed by atoms with Crippen molar-refractivity contribution in [3.63, 3.8) is 0 Å². The van der Waals surface area contributed by atoms with E-state index in [4.69, 9.17) is 9.40 Å². The topological polar surface area (TPSA) is 48.0 Å². The molecule has 1 aliphatic carbocycles. The second-order valence-electron chi connectivity index (χ2n) is 8.56. The minimum absolute atomic E-state index is 0.0741. The van der Waals surface area contributed by atoms with Crippen molar-refractivity contribution in [2.75, 3.05) is 5.75 Å². The zero-order valence-corrected chi connectivity index (χ0v) is 19.6. The number of thioether (sulfide) groups is 1. The predicted molar refractivity (Wildman–Crippen MR) is 137 cm³/mol. The normalized spacial score (nSPS) is 13.2. The van der Waals surface area contributed by atoms with Crippen LogP contribution < -0.4 is 0 Å². The van der Waals surface area contributed by atoms with Gasteiger partial charge in [-0.05, 0) is 37.3 Å². The summed E-state index contributed by atoms with van der Waals surface area (Å²) in [6.45, 7) is 0. The Labute approximate surface area is 202 Å². The lowest BCUT2D eigenvalue weighted by atomic mass is 9.96. The van der Waals surface area contributed by atoms with Crippen LogP contribution in [0.25, 0.3) is 33.5 Å². The third-order valence-electron chi connectivity index (χ3n) is 6.44. The van der Waals surface area contributed by atoms with Crippen molar-refractivity contribution in [3.05, 3.63) is 96.2 Å². The van der Waals surface area contributed by atoms with Crippen LogP contribution >= 0.6 is 11.8 Å². The second kappa shape index (κ2) is 8.99. The van der Waals surface area contributed by atoms with E-state index in [0.29, 0.717) is 5.22 Å². The largest absolute Gasteiger partial charge is 0.431 e. The molecule has 5 heteroatoms. The lowest BCUT2D eigenvalue weighted by Gasteiger charge is -2.14. The van der Waals surface area contributed by atoms with E-state index in [9.17, 15) is 4.79 Å². The summed E-state index contributed by atoms with van der Waals surface area (Å²) in [6.07, 6.45) is 4.31. The van der Waals surface area contributed by atoms with Gasteiger partial charge in [0.25, 0.3) is 5.22 Å². The van der Waals surface area contributed by atoms with E-state index in [1.54, 1.807) is 0 Å². The Kier molecular flexibility index (Phi) is 5.55. The number of benzene rings is 3. The summed E-state index contributed by atoms with van der Waals surface area (Å²) in [6, 6.07) is 28.3. The number of rotatable bonds is 5. The van der Waals surface area contributed by atoms with Gasteiger partial charge in [0, 0.05) is 22.2 Å². The number of nitrogens with zero attached hydrogens (tertiary/aromatic N) is 2. The Morgan fingerprint density at radius 3 is 2.32 bits per heavy atom. The Hall–Kier alpha value is -3.57. The minimum Gasteiger partial charge on any atom is -0.431 e. The molecule has 6 rings (SSSR count). The molecule has 1 aliphatic rings. The first-order valence-corrected chi connectivity index (χ1v) is 12.7. The van der Waals surface area contributed by atoms with Crippen LogP contribution in [0.15, 0.2) is 94.6 Å². The highest BCUT2D eigenvalue weighted by Gasteiger charge is 2.24. The van der Waals surface area contributed by atoms with E-state index in [0.717, 1.165) is 47.4 Å². The molecule has 0 N–H and O–H groups in total. The summed E-state index contributed by atoms with van der Waals surface area (Å²) in [5.41, 5.74) is 6.30. The molecular formula is C29H24N2O2S. The molecule has 0 radical (unpaired) electrons. The number of hydrogen-bond acceptors (Lipinski definition) is 4. The Balaban J connectivity index is 1.33. The molecule has 2 aromatic heterocycles. The quantitative estimate of drug-likeness (QED) is 0.257. The number of carbonyl (C=O) groups excluding carboxylic acids is 1. The Morgan fingerprint density at radius 1 is 0.853 bits per heavy atom. The smallest absolute Gasteiger partial charge is 0.257 e. The maximum atomic E-state index is 13.5. The third kappa shape index (κ3) is 3.76. The number of fused-ring (bicyclic) bond motifs is 3. The summed E-state index contributed by atoms with van der Waals surface area (Å²) in [4.78, 5) is 18.3. The fourth-order valence-electron chi connectivity index (χ4n) is 4.91. The van der Waals surface area contributed by atoms with E-state index in [1.165, 1.54) is 34.8 Å². The number of carbonyl (C=O) groups is 1. The summed E-state index contributed by atoms with van der Waals surface area (Å²) >= 11 is 1.36. The molecule has 3 aromatic carbocycles. The molecule has 2 heterocycles. The van der Waals surface area contributed by atoms with Crippen LogP contribution in [0.3, 0.4) is 0 Å². The van der Waals surface area contributed by atoms with Crippen molar-refractivity contribution in [2.45, 2.75) is 30.9 Å². The first kappa shape index (κ1) is 21.0. The van der Waals surface area contributed by atoms with E-state index < -0.39 is 0 Å². The van der Waals surface area contributed by atoms with E-state index >= 15 is 0 Å². The number of hydrogen-bond donors (Lipinski definition) is 0. The Bertz CT molecular complexity index is 1410. The van der Waals surface area contributed by atoms with Gasteiger partial charge in [-0.2, -0.15) is 0 Å². The standard InChI is InChI=1S/C29H24N2O2S/c32-26(31-24-17-9-7-15-22(24)23-16-8-10-18-25(23)31)19-34-29-30-27(20-11-3-1-4-12-20)28(33-29)21-13-5-2-6-14-21/h1-7,9,11-15,17H,8,10,16,18-19H2. The zero-order chi connectivity index (χ0) is 22.9. The number of aryl methyl sites for hydroxylation is 1. The third-order valence-corrected chi connectivity index (χ3v) is 7.25. The van der Waals surface area contributed by atoms with Gasteiger partial charge in [0.05, 0.1) is 11.3 Å². The van der Waals surface area contributed by atoms with E-state index in [-0.39, 0.29) is 11.7 Å². The average Bonchev–Trinajstić information content (AvgIpc) is 3.48. The highest BCUT2D eigenvalue weighted by Crippen LogP contribution is 2.36. The molecule has 0 aliphatic heterocycles. The fraction of sp³-hybridized carbons (Fsp3) is 0.172. The highest BCUT2D eigenvalue weighted by atomic mass is 32.2. The Morgan fingerprint density at radius 2 is 1.53 bits per heavy atom. The molecule has 0 saturated carbocycles. The molecule has 0 unspecified atom stereocenters. The monoisotopic (exact) mass is 464 g/mol. The fourth-order valence-corrected chi connectivity index (χ4v) is 5.58. The van der Waals surface area contributed by atoms with Crippen LogP contribution in [0, 0.1) is 0 Å². The van der Waals surface area contributed by atoms with Gasteiger partial charge >= 0.3 is 0 Å². The summed E-state index contributed by atoms with van der Waals surface area (Å²) in [5.74, 6) is 1.07. The van der Waals surface area contributed by atoms with Crippen molar-refractivity contribution >= 4 is 28.6 Å².